The summed E-state index contributed by atoms with van der Waals surface area (Å²) in [5.41, 5.74) is 1.05. The van der Waals surface area contributed by atoms with Crippen LogP contribution in [-0.2, 0) is 25.5 Å². The maximum Gasteiger partial charge on any atom is 0.329 e. The molecule has 4 unspecified atom stereocenters. The number of rotatable bonds is 10. The molecular formula is C32H36N2O8. The molecule has 1 fully saturated rings. The van der Waals surface area contributed by atoms with Gasteiger partial charge in [-0.1, -0.05) is 55.0 Å². The van der Waals surface area contributed by atoms with Gasteiger partial charge in [0.05, 0.1) is 7.11 Å². The highest BCUT2D eigenvalue weighted by atomic mass is 16.7. The minimum atomic E-state index is -0.929. The number of carbonyl (C=O) groups excluding carboxylic acids is 3. The van der Waals surface area contributed by atoms with E-state index in [1.807, 2.05) is 55.5 Å². The van der Waals surface area contributed by atoms with Crippen LogP contribution < -0.4 is 19.5 Å². The maximum absolute atomic E-state index is 13.4. The molecule has 1 saturated heterocycles. The van der Waals surface area contributed by atoms with Crippen molar-refractivity contribution in [3.63, 3.8) is 0 Å². The van der Waals surface area contributed by atoms with E-state index in [0.29, 0.717) is 18.6 Å². The van der Waals surface area contributed by atoms with E-state index in [1.54, 1.807) is 0 Å². The van der Waals surface area contributed by atoms with E-state index in [-0.39, 0.29) is 23.1 Å². The second-order valence-electron chi connectivity index (χ2n) is 10.0. The van der Waals surface area contributed by atoms with Crippen LogP contribution in [0.2, 0.25) is 0 Å². The average Bonchev–Trinajstić information content (AvgIpc) is 3.03. The van der Waals surface area contributed by atoms with Crippen molar-refractivity contribution >= 4 is 17.8 Å². The summed E-state index contributed by atoms with van der Waals surface area (Å²) >= 11 is 0. The molecule has 42 heavy (non-hydrogen) atoms. The molecule has 1 aliphatic rings. The normalized spacial score (nSPS) is 20.6. The first-order valence-corrected chi connectivity index (χ1v) is 13.9. The minimum Gasteiger partial charge on any atom is -0.493 e. The third kappa shape index (κ3) is 8.22. The van der Waals surface area contributed by atoms with Crippen LogP contribution in [0, 0.1) is 5.92 Å². The molecule has 1 amide bonds. The summed E-state index contributed by atoms with van der Waals surface area (Å²) in [6.45, 7) is 2.62. The fourth-order valence-electron chi connectivity index (χ4n) is 4.99. The zero-order chi connectivity index (χ0) is 29.9. The zero-order valence-electron chi connectivity index (χ0n) is 24.0. The van der Waals surface area contributed by atoms with Gasteiger partial charge in [0, 0.05) is 25.1 Å². The van der Waals surface area contributed by atoms with Crippen molar-refractivity contribution in [1.29, 1.82) is 0 Å². The Morgan fingerprint density at radius 1 is 1.02 bits per heavy atom. The van der Waals surface area contributed by atoms with E-state index >= 15 is 0 Å². The Hall–Kier alpha value is -4.60. The van der Waals surface area contributed by atoms with E-state index in [0.717, 1.165) is 18.4 Å². The lowest BCUT2D eigenvalue weighted by molar-refractivity contribution is -0.156. The molecule has 1 aliphatic heterocycles. The second-order valence-corrected chi connectivity index (χ2v) is 10.0. The van der Waals surface area contributed by atoms with Gasteiger partial charge in [0.25, 0.3) is 5.91 Å². The van der Waals surface area contributed by atoms with Crippen molar-refractivity contribution in [3.05, 3.63) is 84.2 Å². The Kier molecular flexibility index (Phi) is 10.7. The number of para-hydroxylation sites is 1. The summed E-state index contributed by atoms with van der Waals surface area (Å²) < 4.78 is 28.0. The highest BCUT2D eigenvalue weighted by molar-refractivity contribution is 5.98. The van der Waals surface area contributed by atoms with E-state index in [4.69, 9.17) is 23.7 Å². The van der Waals surface area contributed by atoms with Crippen molar-refractivity contribution in [2.45, 2.75) is 57.8 Å². The largest absolute Gasteiger partial charge is 0.493 e. The van der Waals surface area contributed by atoms with Gasteiger partial charge in [-0.05, 0) is 43.9 Å². The van der Waals surface area contributed by atoms with E-state index in [9.17, 15) is 14.4 Å². The average molecular weight is 577 g/mol. The van der Waals surface area contributed by atoms with Gasteiger partial charge in [-0.25, -0.2) is 9.78 Å². The molecule has 0 spiro atoms. The summed E-state index contributed by atoms with van der Waals surface area (Å²) in [5, 5.41) is 2.76. The molecule has 222 valence electrons. The number of amides is 1. The molecular weight excluding hydrogens is 540 g/mol. The van der Waals surface area contributed by atoms with Gasteiger partial charge in [0.15, 0.2) is 17.2 Å². The number of hydrogen-bond acceptors (Lipinski definition) is 9. The number of benzene rings is 2. The van der Waals surface area contributed by atoms with E-state index in [1.165, 1.54) is 26.3 Å². The summed E-state index contributed by atoms with van der Waals surface area (Å²) in [4.78, 5) is 42.1. The Morgan fingerprint density at radius 3 is 2.43 bits per heavy atom. The van der Waals surface area contributed by atoms with Crippen molar-refractivity contribution in [3.8, 4) is 17.2 Å². The van der Waals surface area contributed by atoms with E-state index in [2.05, 4.69) is 22.4 Å². The number of carbonyl (C=O) groups is 3. The summed E-state index contributed by atoms with van der Waals surface area (Å²) in [5.74, 6) is -0.822. The van der Waals surface area contributed by atoms with Crippen LogP contribution in [0.4, 0.5) is 0 Å². The Bertz CT molecular complexity index is 1330. The van der Waals surface area contributed by atoms with Gasteiger partial charge in [-0.3, -0.25) is 9.59 Å². The number of cyclic esters (lactones) is 1. The molecule has 2 aromatic carbocycles. The molecule has 1 N–H and O–H groups in total. The van der Waals surface area contributed by atoms with Gasteiger partial charge in [-0.2, -0.15) is 0 Å². The number of nitrogens with zero attached hydrogens (tertiary/aromatic N) is 1. The van der Waals surface area contributed by atoms with Crippen LogP contribution in [0.5, 0.6) is 17.2 Å². The van der Waals surface area contributed by atoms with Crippen LogP contribution in [0.3, 0.4) is 0 Å². The Morgan fingerprint density at radius 2 is 1.74 bits per heavy atom. The van der Waals surface area contributed by atoms with Gasteiger partial charge < -0.3 is 29.0 Å². The number of esters is 2. The molecule has 1 aromatic heterocycles. The second kappa shape index (κ2) is 14.9. The smallest absolute Gasteiger partial charge is 0.329 e. The summed E-state index contributed by atoms with van der Waals surface area (Å²) in [7, 11) is 1.41. The SMILES string of the molecule is COc1ccnc(C(=O)NC2CCCC(Cc3ccccc3)C(Oc3ccccc3)C(C)OC2=O)c1OCOC(C)=O. The molecule has 0 saturated carbocycles. The van der Waals surface area contributed by atoms with E-state index < -0.39 is 42.9 Å². The first-order valence-electron chi connectivity index (χ1n) is 13.9. The fourth-order valence-corrected chi connectivity index (χ4v) is 4.99. The van der Waals surface area contributed by atoms with Gasteiger partial charge in [0.1, 0.15) is 24.0 Å². The number of pyridine rings is 1. The lowest BCUT2D eigenvalue weighted by Crippen LogP contribution is -2.45. The molecule has 2 heterocycles. The summed E-state index contributed by atoms with van der Waals surface area (Å²) in [6, 6.07) is 20.2. The Labute approximate surface area is 245 Å². The van der Waals surface area contributed by atoms with Crippen molar-refractivity contribution in [2.24, 2.45) is 5.92 Å². The minimum absolute atomic E-state index is 0.0113. The number of hydrogen-bond donors (Lipinski definition) is 1. The Balaban J connectivity index is 1.54. The predicted molar refractivity (Wildman–Crippen MR) is 153 cm³/mol. The van der Waals surface area contributed by atoms with Crippen molar-refractivity contribution < 1.29 is 38.1 Å². The predicted octanol–water partition coefficient (Wildman–Crippen LogP) is 4.51. The molecule has 0 aliphatic carbocycles. The molecule has 0 radical (unpaired) electrons. The van der Waals surface area contributed by atoms with Crippen molar-refractivity contribution in [1.82, 2.24) is 10.3 Å². The van der Waals surface area contributed by atoms with Gasteiger partial charge in [-0.15, -0.1) is 0 Å². The van der Waals surface area contributed by atoms with Crippen molar-refractivity contribution in [2.75, 3.05) is 13.9 Å². The molecule has 0 bridgehead atoms. The van der Waals surface area contributed by atoms with Crippen LogP contribution in [0.25, 0.3) is 0 Å². The monoisotopic (exact) mass is 576 g/mol. The van der Waals surface area contributed by atoms with Crippen LogP contribution in [-0.4, -0.2) is 55.0 Å². The number of ether oxygens (including phenoxy) is 5. The highest BCUT2D eigenvalue weighted by Gasteiger charge is 2.36. The first-order chi connectivity index (χ1) is 20.4. The number of aromatic nitrogens is 1. The van der Waals surface area contributed by atoms with Crippen LogP contribution in [0.15, 0.2) is 72.9 Å². The third-order valence-corrected chi connectivity index (χ3v) is 7.01. The van der Waals surface area contributed by atoms with Crippen LogP contribution in [0.1, 0.15) is 49.2 Å². The first kappa shape index (κ1) is 30.4. The lowest BCUT2D eigenvalue weighted by atomic mass is 9.86. The molecule has 3 aromatic rings. The maximum atomic E-state index is 13.4. The fraction of sp³-hybridized carbons (Fsp3) is 0.375. The molecule has 10 nitrogen and oxygen atoms in total. The zero-order valence-corrected chi connectivity index (χ0v) is 24.0. The summed E-state index contributed by atoms with van der Waals surface area (Å²) in [6.07, 6.45) is 2.86. The molecule has 4 atom stereocenters. The topological polar surface area (TPSA) is 122 Å². The van der Waals surface area contributed by atoms with Gasteiger partial charge >= 0.3 is 11.9 Å². The third-order valence-electron chi connectivity index (χ3n) is 7.01. The standard InChI is InChI=1S/C32H36N2O8/c1-21-29(42-25-14-8-5-9-15-25)24(19-23-11-6-4-7-12-23)13-10-16-26(32(37)41-21)34-31(36)28-30(40-20-39-22(2)35)27(38-3)17-18-33-28/h4-9,11-12,14-15,17-18,21,24,26,29H,10,13,16,19-20H2,1-3H3,(H,34,36). The highest BCUT2D eigenvalue weighted by Crippen LogP contribution is 2.31. The van der Waals surface area contributed by atoms with Crippen LogP contribution >= 0.6 is 0 Å². The van der Waals surface area contributed by atoms with Gasteiger partial charge in [0.2, 0.25) is 6.79 Å². The molecule has 10 heteroatoms. The lowest BCUT2D eigenvalue weighted by Gasteiger charge is -2.31. The number of methoxy groups -OCH3 is 1. The quantitative estimate of drug-likeness (QED) is 0.274. The number of nitrogens with one attached hydrogen (secondary N) is 1. The molecule has 4 rings (SSSR count).